The summed E-state index contributed by atoms with van der Waals surface area (Å²) in [4.78, 5) is 7.25. The molecule has 2 unspecified atom stereocenters. The highest BCUT2D eigenvalue weighted by Gasteiger charge is 2.30. The van der Waals surface area contributed by atoms with Gasteiger partial charge in [0.2, 0.25) is 0 Å². The molecule has 2 aromatic rings. The number of amidine groups is 1. The molecule has 2 aromatic carbocycles. The predicted octanol–water partition coefficient (Wildman–Crippen LogP) is 10.1. The van der Waals surface area contributed by atoms with Gasteiger partial charge in [-0.25, -0.2) is 4.99 Å². The average molecular weight is 493 g/mol. The Bertz CT molecular complexity index is 1220. The van der Waals surface area contributed by atoms with E-state index in [2.05, 4.69) is 96.0 Å². The summed E-state index contributed by atoms with van der Waals surface area (Å²) in [5.41, 5.74) is 8.13. The topological polar surface area (TPSA) is 15.6 Å². The van der Waals surface area contributed by atoms with Crippen molar-refractivity contribution in [2.24, 2.45) is 16.3 Å². The van der Waals surface area contributed by atoms with E-state index in [-0.39, 0.29) is 17.3 Å². The van der Waals surface area contributed by atoms with Crippen LogP contribution in [0.1, 0.15) is 77.8 Å². The van der Waals surface area contributed by atoms with Crippen LogP contribution in [0, 0.1) is 11.3 Å². The maximum Gasteiger partial charge on any atom is 0.110 e. The minimum Gasteiger partial charge on any atom is -0.302 e. The summed E-state index contributed by atoms with van der Waals surface area (Å²) in [6, 6.07) is 18.7. The highest BCUT2D eigenvalue weighted by molar-refractivity contribution is 6.02. The van der Waals surface area contributed by atoms with Crippen molar-refractivity contribution in [1.82, 2.24) is 0 Å². The average Bonchev–Trinajstić information content (AvgIpc) is 2.93. The minimum atomic E-state index is 0.125. The summed E-state index contributed by atoms with van der Waals surface area (Å²) in [6.07, 6.45) is 9.95. The van der Waals surface area contributed by atoms with Crippen LogP contribution in [0.15, 0.2) is 114 Å². The number of rotatable bonds is 10. The maximum atomic E-state index is 5.01. The number of anilines is 1. The Hall–Kier alpha value is -3.39. The summed E-state index contributed by atoms with van der Waals surface area (Å²) >= 11 is 0. The number of para-hydroxylation sites is 1. The zero-order chi connectivity index (χ0) is 27.2. The van der Waals surface area contributed by atoms with Crippen LogP contribution in [0.2, 0.25) is 0 Å². The van der Waals surface area contributed by atoms with Crippen LogP contribution in [-0.4, -0.2) is 5.84 Å². The third kappa shape index (κ3) is 6.31. The second-order valence-electron chi connectivity index (χ2n) is 10.7. The molecule has 0 saturated heterocycles. The number of hydrogen-bond donors (Lipinski definition) is 0. The zero-order valence-electron chi connectivity index (χ0n) is 23.7. The standard InChI is InChI=1S/C35H44N2/c1-10-25(3)31-21-16-18-24-34(31)37(29(7)36-27(5)30-19-13-12-14-20-30)28(6)26(4)32-22-15-17-23-33(32)35(8,9)11-2/h10,12-16,18-22,24-26H,1,5-6,11,17,23H2,2-4,7-9H3. The summed E-state index contributed by atoms with van der Waals surface area (Å²) in [7, 11) is 0. The summed E-state index contributed by atoms with van der Waals surface area (Å²) in [5.74, 6) is 1.17. The number of aliphatic imine (C=N–C) groups is 1. The first-order valence-electron chi connectivity index (χ1n) is 13.5. The Morgan fingerprint density at radius 2 is 1.70 bits per heavy atom. The second kappa shape index (κ2) is 12.2. The first-order valence-corrected chi connectivity index (χ1v) is 13.5. The van der Waals surface area contributed by atoms with Crippen molar-refractivity contribution in [3.8, 4) is 0 Å². The molecule has 2 nitrogen and oxygen atoms in total. The molecule has 0 heterocycles. The molecule has 0 fully saturated rings. The van der Waals surface area contributed by atoms with E-state index in [1.165, 1.54) is 11.1 Å². The Labute approximate surface area is 225 Å². The van der Waals surface area contributed by atoms with E-state index in [9.17, 15) is 0 Å². The molecule has 0 N–H and O–H groups in total. The van der Waals surface area contributed by atoms with Crippen molar-refractivity contribution < 1.29 is 0 Å². The van der Waals surface area contributed by atoms with E-state index in [1.807, 2.05) is 36.4 Å². The highest BCUT2D eigenvalue weighted by atomic mass is 15.2. The van der Waals surface area contributed by atoms with E-state index in [4.69, 9.17) is 11.6 Å². The lowest BCUT2D eigenvalue weighted by atomic mass is 9.72. The minimum absolute atomic E-state index is 0.125. The predicted molar refractivity (Wildman–Crippen MR) is 164 cm³/mol. The molecule has 0 radical (unpaired) electrons. The highest BCUT2D eigenvalue weighted by Crippen LogP contribution is 2.43. The van der Waals surface area contributed by atoms with Gasteiger partial charge in [-0.15, -0.1) is 6.58 Å². The third-order valence-electron chi connectivity index (χ3n) is 7.91. The molecule has 1 aliphatic rings. The lowest BCUT2D eigenvalue weighted by Crippen LogP contribution is -2.33. The molecule has 0 bridgehead atoms. The molecular weight excluding hydrogens is 448 g/mol. The van der Waals surface area contributed by atoms with Gasteiger partial charge in [0.05, 0.1) is 11.4 Å². The van der Waals surface area contributed by atoms with Gasteiger partial charge < -0.3 is 4.90 Å². The number of allylic oxidation sites excluding steroid dienone is 5. The maximum absolute atomic E-state index is 5.01. The number of hydrogen-bond acceptors (Lipinski definition) is 1. The van der Waals surface area contributed by atoms with Crippen LogP contribution in [0.25, 0.3) is 5.70 Å². The molecule has 37 heavy (non-hydrogen) atoms. The summed E-state index contributed by atoms with van der Waals surface area (Å²) < 4.78 is 0. The third-order valence-corrected chi connectivity index (χ3v) is 7.91. The smallest absolute Gasteiger partial charge is 0.110 e. The van der Waals surface area contributed by atoms with Crippen molar-refractivity contribution in [2.75, 3.05) is 4.90 Å². The molecule has 2 atom stereocenters. The van der Waals surface area contributed by atoms with E-state index < -0.39 is 0 Å². The van der Waals surface area contributed by atoms with Gasteiger partial charge in [0.1, 0.15) is 5.84 Å². The van der Waals surface area contributed by atoms with Crippen LogP contribution in [0.5, 0.6) is 0 Å². The Balaban J connectivity index is 2.15. The normalized spacial score (nSPS) is 15.8. The summed E-state index contributed by atoms with van der Waals surface area (Å²) in [6.45, 7) is 26.6. The van der Waals surface area contributed by atoms with Crippen molar-refractivity contribution in [3.63, 3.8) is 0 Å². The van der Waals surface area contributed by atoms with Gasteiger partial charge in [-0.3, -0.25) is 0 Å². The van der Waals surface area contributed by atoms with Crippen molar-refractivity contribution in [1.29, 1.82) is 0 Å². The summed E-state index contributed by atoms with van der Waals surface area (Å²) in [5, 5.41) is 0. The largest absolute Gasteiger partial charge is 0.302 e. The molecule has 2 heteroatoms. The van der Waals surface area contributed by atoms with Crippen LogP contribution in [-0.2, 0) is 0 Å². The van der Waals surface area contributed by atoms with E-state index in [1.54, 1.807) is 5.57 Å². The first kappa shape index (κ1) is 28.2. The fraction of sp³-hybridized carbons (Fsp3) is 0.343. The van der Waals surface area contributed by atoms with E-state index >= 15 is 0 Å². The van der Waals surface area contributed by atoms with Crippen LogP contribution < -0.4 is 4.90 Å². The first-order chi connectivity index (χ1) is 17.6. The lowest BCUT2D eigenvalue weighted by Gasteiger charge is -2.37. The van der Waals surface area contributed by atoms with Crippen LogP contribution in [0.4, 0.5) is 5.69 Å². The van der Waals surface area contributed by atoms with Gasteiger partial charge in [0, 0.05) is 17.5 Å². The molecular formula is C35H44N2. The second-order valence-corrected chi connectivity index (χ2v) is 10.7. The Kier molecular flexibility index (Phi) is 9.32. The van der Waals surface area contributed by atoms with Gasteiger partial charge in [0.15, 0.2) is 0 Å². The lowest BCUT2D eigenvalue weighted by molar-refractivity contribution is 0.405. The van der Waals surface area contributed by atoms with Gasteiger partial charge in [0.25, 0.3) is 0 Å². The van der Waals surface area contributed by atoms with Crippen molar-refractivity contribution in [2.45, 2.75) is 66.7 Å². The molecule has 0 amide bonds. The fourth-order valence-electron chi connectivity index (χ4n) is 5.08. The fourth-order valence-corrected chi connectivity index (χ4v) is 5.08. The SMILES string of the molecule is C=CC(C)c1ccccc1N(C(=C)C(C)C1=C(C(C)(C)CC)CCC=C1)C(C)=NC(=C)c1ccccc1. The molecule has 0 spiro atoms. The molecule has 0 aliphatic heterocycles. The molecule has 194 valence electrons. The number of benzene rings is 2. The van der Waals surface area contributed by atoms with Crippen molar-refractivity contribution in [3.05, 3.63) is 121 Å². The molecule has 0 saturated carbocycles. The van der Waals surface area contributed by atoms with Gasteiger partial charge >= 0.3 is 0 Å². The van der Waals surface area contributed by atoms with E-state index in [0.717, 1.165) is 47.7 Å². The molecule has 1 aliphatic carbocycles. The Morgan fingerprint density at radius 1 is 1.05 bits per heavy atom. The van der Waals surface area contributed by atoms with Gasteiger partial charge in [-0.05, 0) is 54.4 Å². The van der Waals surface area contributed by atoms with Crippen LogP contribution >= 0.6 is 0 Å². The van der Waals surface area contributed by atoms with E-state index in [0.29, 0.717) is 0 Å². The molecule has 3 rings (SSSR count). The zero-order valence-corrected chi connectivity index (χ0v) is 23.7. The van der Waals surface area contributed by atoms with Gasteiger partial charge in [-0.2, -0.15) is 0 Å². The quantitative estimate of drug-likeness (QED) is 0.183. The van der Waals surface area contributed by atoms with Crippen molar-refractivity contribution >= 4 is 17.2 Å². The van der Waals surface area contributed by atoms with Gasteiger partial charge in [-0.1, -0.05) is 120 Å². The Morgan fingerprint density at radius 3 is 2.35 bits per heavy atom. The van der Waals surface area contributed by atoms with Crippen LogP contribution in [0.3, 0.4) is 0 Å². The number of nitrogens with zero attached hydrogens (tertiary/aromatic N) is 2. The monoisotopic (exact) mass is 492 g/mol. The molecule has 0 aromatic heterocycles.